The average molecular weight is 380 g/mol. The van der Waals surface area contributed by atoms with E-state index in [-0.39, 0.29) is 18.2 Å². The molecule has 2 amide bonds. The molecule has 134 valence electrons. The minimum atomic E-state index is -0.170. The van der Waals surface area contributed by atoms with Gasteiger partial charge in [-0.1, -0.05) is 25.2 Å². The number of amides is 2. The summed E-state index contributed by atoms with van der Waals surface area (Å²) in [4.78, 5) is 30.1. The molecular formula is C16H21N5O2S2. The Morgan fingerprint density at radius 3 is 2.84 bits per heavy atom. The van der Waals surface area contributed by atoms with Crippen molar-refractivity contribution in [1.29, 1.82) is 0 Å². The Labute approximate surface area is 154 Å². The van der Waals surface area contributed by atoms with E-state index in [1.807, 2.05) is 5.38 Å². The molecule has 0 radical (unpaired) electrons. The summed E-state index contributed by atoms with van der Waals surface area (Å²) in [6.07, 6.45) is 3.62. The SMILES string of the molecule is CCC(CC)c1nnc(NC(=O)Cc2csc(N3CCCC3=O)n2)s1. The van der Waals surface area contributed by atoms with Gasteiger partial charge in [-0.3, -0.25) is 14.5 Å². The molecule has 0 aliphatic carbocycles. The van der Waals surface area contributed by atoms with Crippen molar-refractivity contribution in [3.05, 3.63) is 16.1 Å². The average Bonchev–Trinajstić information content (AvgIpc) is 3.30. The first-order valence-corrected chi connectivity index (χ1v) is 10.2. The van der Waals surface area contributed by atoms with Crippen LogP contribution in [-0.4, -0.2) is 33.5 Å². The number of carbonyl (C=O) groups is 2. The topological polar surface area (TPSA) is 88.1 Å². The van der Waals surface area contributed by atoms with Crippen molar-refractivity contribution < 1.29 is 9.59 Å². The molecular weight excluding hydrogens is 358 g/mol. The molecule has 9 heteroatoms. The van der Waals surface area contributed by atoms with Gasteiger partial charge in [0.25, 0.3) is 0 Å². The fraction of sp³-hybridized carbons (Fsp3) is 0.562. The van der Waals surface area contributed by atoms with E-state index in [0.717, 1.165) is 24.3 Å². The van der Waals surface area contributed by atoms with Gasteiger partial charge in [-0.15, -0.1) is 21.5 Å². The van der Waals surface area contributed by atoms with Gasteiger partial charge in [0.15, 0.2) is 5.13 Å². The van der Waals surface area contributed by atoms with E-state index in [2.05, 4.69) is 34.3 Å². The maximum Gasteiger partial charge on any atom is 0.232 e. The molecule has 1 aliphatic rings. The second-order valence-electron chi connectivity index (χ2n) is 5.95. The van der Waals surface area contributed by atoms with Crippen LogP contribution in [0.2, 0.25) is 0 Å². The minimum Gasteiger partial charge on any atom is -0.300 e. The van der Waals surface area contributed by atoms with E-state index in [0.29, 0.717) is 34.8 Å². The third-order valence-electron chi connectivity index (χ3n) is 4.21. The van der Waals surface area contributed by atoms with E-state index in [9.17, 15) is 9.59 Å². The molecule has 1 saturated heterocycles. The van der Waals surface area contributed by atoms with Gasteiger partial charge in [0, 0.05) is 24.3 Å². The van der Waals surface area contributed by atoms with E-state index in [1.54, 1.807) is 4.90 Å². The highest BCUT2D eigenvalue weighted by Gasteiger charge is 2.24. The molecule has 0 saturated carbocycles. The Hall–Kier alpha value is -1.87. The lowest BCUT2D eigenvalue weighted by atomic mass is 10.1. The fourth-order valence-corrected chi connectivity index (χ4v) is 4.66. The molecule has 1 N–H and O–H groups in total. The van der Waals surface area contributed by atoms with Crippen molar-refractivity contribution >= 4 is 44.8 Å². The Kier molecular flexibility index (Phi) is 5.74. The quantitative estimate of drug-likeness (QED) is 0.798. The molecule has 1 aliphatic heterocycles. The number of aromatic nitrogens is 3. The van der Waals surface area contributed by atoms with Crippen LogP contribution in [0.1, 0.15) is 56.2 Å². The Morgan fingerprint density at radius 1 is 1.36 bits per heavy atom. The zero-order valence-electron chi connectivity index (χ0n) is 14.3. The summed E-state index contributed by atoms with van der Waals surface area (Å²) in [7, 11) is 0. The second kappa shape index (κ2) is 8.01. The van der Waals surface area contributed by atoms with Crippen LogP contribution in [0, 0.1) is 0 Å². The molecule has 1 fully saturated rings. The number of nitrogens with one attached hydrogen (secondary N) is 1. The number of hydrogen-bond acceptors (Lipinski definition) is 7. The standard InChI is InChI=1S/C16H21N5O2S2/c1-3-10(4-2)14-19-20-15(25-14)18-12(22)8-11-9-24-16(17-11)21-7-5-6-13(21)23/h9-10H,3-8H2,1-2H3,(H,18,20,22). The Balaban J connectivity index is 1.58. The van der Waals surface area contributed by atoms with Crippen molar-refractivity contribution in [2.75, 3.05) is 16.8 Å². The van der Waals surface area contributed by atoms with E-state index >= 15 is 0 Å². The van der Waals surface area contributed by atoms with Gasteiger partial charge in [0.2, 0.25) is 16.9 Å². The highest BCUT2D eigenvalue weighted by molar-refractivity contribution is 7.15. The molecule has 0 bridgehead atoms. The van der Waals surface area contributed by atoms with Crippen molar-refractivity contribution in [2.24, 2.45) is 0 Å². The summed E-state index contributed by atoms with van der Waals surface area (Å²) in [5.74, 6) is 0.326. The van der Waals surface area contributed by atoms with E-state index < -0.39 is 0 Å². The van der Waals surface area contributed by atoms with Crippen molar-refractivity contribution in [3.63, 3.8) is 0 Å². The number of hydrogen-bond donors (Lipinski definition) is 1. The third-order valence-corrected chi connectivity index (χ3v) is 6.12. The largest absolute Gasteiger partial charge is 0.300 e. The Bertz CT molecular complexity index is 753. The molecule has 2 aromatic heterocycles. The van der Waals surface area contributed by atoms with Gasteiger partial charge >= 0.3 is 0 Å². The first-order chi connectivity index (χ1) is 12.1. The fourth-order valence-electron chi connectivity index (χ4n) is 2.77. The maximum absolute atomic E-state index is 12.2. The molecule has 0 atom stereocenters. The van der Waals surface area contributed by atoms with Crippen LogP contribution in [0.25, 0.3) is 0 Å². The molecule has 3 rings (SSSR count). The maximum atomic E-state index is 12.2. The highest BCUT2D eigenvalue weighted by Crippen LogP contribution is 2.28. The van der Waals surface area contributed by atoms with Gasteiger partial charge in [-0.2, -0.15) is 0 Å². The van der Waals surface area contributed by atoms with Crippen LogP contribution in [0.3, 0.4) is 0 Å². The summed E-state index contributed by atoms with van der Waals surface area (Å²) in [6.45, 7) is 4.96. The number of nitrogens with zero attached hydrogens (tertiary/aromatic N) is 4. The van der Waals surface area contributed by atoms with Crippen LogP contribution in [0.5, 0.6) is 0 Å². The first kappa shape index (κ1) is 17.9. The lowest BCUT2D eigenvalue weighted by molar-refractivity contribution is -0.117. The van der Waals surface area contributed by atoms with Crippen molar-refractivity contribution in [2.45, 2.75) is 51.9 Å². The number of thiazole rings is 1. The zero-order chi connectivity index (χ0) is 17.8. The predicted molar refractivity (Wildman–Crippen MR) is 99.3 cm³/mol. The predicted octanol–water partition coefficient (Wildman–Crippen LogP) is 3.21. The van der Waals surface area contributed by atoms with Gasteiger partial charge in [0.1, 0.15) is 5.01 Å². The minimum absolute atomic E-state index is 0.105. The molecule has 0 spiro atoms. The normalized spacial score (nSPS) is 14.5. The van der Waals surface area contributed by atoms with E-state index in [4.69, 9.17) is 0 Å². The molecule has 7 nitrogen and oxygen atoms in total. The molecule has 2 aromatic rings. The van der Waals surface area contributed by atoms with Gasteiger partial charge in [-0.25, -0.2) is 4.98 Å². The van der Waals surface area contributed by atoms with Gasteiger partial charge < -0.3 is 5.32 Å². The Morgan fingerprint density at radius 2 is 2.16 bits per heavy atom. The highest BCUT2D eigenvalue weighted by atomic mass is 32.1. The third kappa shape index (κ3) is 4.21. The van der Waals surface area contributed by atoms with Crippen LogP contribution < -0.4 is 10.2 Å². The van der Waals surface area contributed by atoms with Crippen LogP contribution in [-0.2, 0) is 16.0 Å². The molecule has 25 heavy (non-hydrogen) atoms. The summed E-state index contributed by atoms with van der Waals surface area (Å²) in [5, 5.41) is 15.0. The summed E-state index contributed by atoms with van der Waals surface area (Å²) in [6, 6.07) is 0. The summed E-state index contributed by atoms with van der Waals surface area (Å²) in [5.41, 5.74) is 0.668. The second-order valence-corrected chi connectivity index (χ2v) is 7.80. The van der Waals surface area contributed by atoms with Crippen LogP contribution in [0.4, 0.5) is 10.3 Å². The summed E-state index contributed by atoms with van der Waals surface area (Å²) < 4.78 is 0. The van der Waals surface area contributed by atoms with Crippen molar-refractivity contribution in [1.82, 2.24) is 15.2 Å². The zero-order valence-corrected chi connectivity index (χ0v) is 16.0. The lowest BCUT2D eigenvalue weighted by Crippen LogP contribution is -2.23. The number of anilines is 2. The molecule has 0 unspecified atom stereocenters. The van der Waals surface area contributed by atoms with Gasteiger partial charge in [-0.05, 0) is 19.3 Å². The molecule has 3 heterocycles. The monoisotopic (exact) mass is 379 g/mol. The smallest absolute Gasteiger partial charge is 0.232 e. The molecule has 0 aromatic carbocycles. The number of carbonyl (C=O) groups excluding carboxylic acids is 2. The van der Waals surface area contributed by atoms with Gasteiger partial charge in [0.05, 0.1) is 12.1 Å². The number of rotatable bonds is 7. The van der Waals surface area contributed by atoms with E-state index in [1.165, 1.54) is 22.7 Å². The van der Waals surface area contributed by atoms with Crippen molar-refractivity contribution in [3.8, 4) is 0 Å². The van der Waals surface area contributed by atoms with Crippen LogP contribution >= 0.6 is 22.7 Å². The van der Waals surface area contributed by atoms with Crippen LogP contribution in [0.15, 0.2) is 5.38 Å². The lowest BCUT2D eigenvalue weighted by Gasteiger charge is -2.10. The first-order valence-electron chi connectivity index (χ1n) is 8.48. The summed E-state index contributed by atoms with van der Waals surface area (Å²) >= 11 is 2.83.